The molecule has 0 aromatic heterocycles. The molecule has 0 fully saturated rings. The molecule has 26 heavy (non-hydrogen) atoms. The minimum absolute atomic E-state index is 0.0515. The van der Waals surface area contributed by atoms with Gasteiger partial charge in [-0.15, -0.1) is 0 Å². The van der Waals surface area contributed by atoms with Gasteiger partial charge in [-0.25, -0.2) is 13.1 Å². The van der Waals surface area contributed by atoms with Crippen molar-refractivity contribution in [2.45, 2.75) is 24.3 Å². The minimum atomic E-state index is -3.50. The summed E-state index contributed by atoms with van der Waals surface area (Å²) in [5.74, 6) is -0.437. The molecular formula is C19H23N3O3S. The highest BCUT2D eigenvalue weighted by molar-refractivity contribution is 7.89. The zero-order valence-corrected chi connectivity index (χ0v) is 15.7. The van der Waals surface area contributed by atoms with E-state index < -0.39 is 16.1 Å². The number of hydrogen-bond acceptors (Lipinski definition) is 4. The molecule has 0 saturated heterocycles. The van der Waals surface area contributed by atoms with Crippen LogP contribution < -0.4 is 15.4 Å². The molecule has 3 N–H and O–H groups in total. The molecule has 3 rings (SSSR count). The summed E-state index contributed by atoms with van der Waals surface area (Å²) in [5.41, 5.74) is 8.83. The lowest BCUT2D eigenvalue weighted by Gasteiger charge is -2.26. The summed E-state index contributed by atoms with van der Waals surface area (Å²) < 4.78 is 26.2. The van der Waals surface area contributed by atoms with Crippen molar-refractivity contribution in [3.63, 3.8) is 0 Å². The van der Waals surface area contributed by atoms with E-state index in [0.29, 0.717) is 13.0 Å². The van der Waals surface area contributed by atoms with Crippen LogP contribution in [0.15, 0.2) is 53.4 Å². The van der Waals surface area contributed by atoms with Gasteiger partial charge >= 0.3 is 0 Å². The molecule has 1 heterocycles. The van der Waals surface area contributed by atoms with E-state index >= 15 is 0 Å². The number of amides is 1. The van der Waals surface area contributed by atoms with Crippen molar-refractivity contribution in [2.75, 3.05) is 18.5 Å². The molecule has 2 atom stereocenters. The lowest BCUT2D eigenvalue weighted by molar-refractivity contribution is -0.122. The summed E-state index contributed by atoms with van der Waals surface area (Å²) in [4.78, 5) is 14.9. The number of nitrogens with two attached hydrogens (primary N) is 1. The van der Waals surface area contributed by atoms with Gasteiger partial charge in [0.15, 0.2) is 0 Å². The molecule has 2 unspecified atom stereocenters. The van der Waals surface area contributed by atoms with Crippen LogP contribution in [0.1, 0.15) is 24.1 Å². The van der Waals surface area contributed by atoms with Gasteiger partial charge in [-0.3, -0.25) is 4.79 Å². The fourth-order valence-electron chi connectivity index (χ4n) is 3.26. The smallest absolute Gasteiger partial charge is 0.240 e. The van der Waals surface area contributed by atoms with Gasteiger partial charge in [-0.05, 0) is 42.8 Å². The molecule has 0 saturated carbocycles. The number of rotatable bonds is 5. The molecule has 0 radical (unpaired) electrons. The fraction of sp³-hybridized carbons (Fsp3) is 0.316. The molecule has 1 amide bonds. The molecular weight excluding hydrogens is 350 g/mol. The number of benzene rings is 2. The van der Waals surface area contributed by atoms with Crippen LogP contribution in [0.4, 0.5) is 5.69 Å². The first kappa shape index (κ1) is 18.6. The third-order valence-corrected chi connectivity index (χ3v) is 6.32. The maximum absolute atomic E-state index is 13.0. The number of carbonyl (C=O) groups excluding carboxylic acids is 1. The quantitative estimate of drug-likeness (QED) is 0.836. The second-order valence-corrected chi connectivity index (χ2v) is 8.35. The van der Waals surface area contributed by atoms with Crippen molar-refractivity contribution >= 4 is 21.6 Å². The Labute approximate surface area is 154 Å². The highest BCUT2D eigenvalue weighted by atomic mass is 32.2. The monoisotopic (exact) mass is 373 g/mol. The molecule has 0 spiro atoms. The van der Waals surface area contributed by atoms with Crippen molar-refractivity contribution in [1.82, 2.24) is 4.72 Å². The lowest BCUT2D eigenvalue weighted by atomic mass is 9.94. The van der Waals surface area contributed by atoms with E-state index in [-0.39, 0.29) is 16.7 Å². The number of anilines is 1. The topological polar surface area (TPSA) is 92.5 Å². The summed E-state index contributed by atoms with van der Waals surface area (Å²) in [7, 11) is -2.12. The predicted octanol–water partition coefficient (Wildman–Crippen LogP) is 1.82. The molecule has 7 heteroatoms. The van der Waals surface area contributed by atoms with Gasteiger partial charge in [0.1, 0.15) is 0 Å². The van der Waals surface area contributed by atoms with Crippen molar-refractivity contribution in [2.24, 2.45) is 11.7 Å². The van der Waals surface area contributed by atoms with E-state index in [2.05, 4.69) is 4.72 Å². The first-order valence-corrected chi connectivity index (χ1v) is 10.0. The van der Waals surface area contributed by atoms with Gasteiger partial charge in [0.05, 0.1) is 10.8 Å². The second-order valence-electron chi connectivity index (χ2n) is 6.46. The Hall–Kier alpha value is -2.22. The predicted molar refractivity (Wildman–Crippen MR) is 101 cm³/mol. The Morgan fingerprint density at radius 2 is 1.88 bits per heavy atom. The van der Waals surface area contributed by atoms with E-state index in [1.165, 1.54) is 13.1 Å². The number of fused-ring (bicyclic) bond motifs is 1. The van der Waals surface area contributed by atoms with E-state index in [1.807, 2.05) is 37.3 Å². The van der Waals surface area contributed by atoms with Gasteiger partial charge in [-0.1, -0.05) is 37.3 Å². The van der Waals surface area contributed by atoms with Crippen LogP contribution in [0.5, 0.6) is 0 Å². The maximum atomic E-state index is 13.0. The van der Waals surface area contributed by atoms with E-state index in [9.17, 15) is 13.2 Å². The molecule has 1 aliphatic heterocycles. The van der Waals surface area contributed by atoms with E-state index in [4.69, 9.17) is 5.73 Å². The Balaban J connectivity index is 1.83. The van der Waals surface area contributed by atoms with Crippen LogP contribution in [0.2, 0.25) is 0 Å². The maximum Gasteiger partial charge on any atom is 0.240 e. The Kier molecular flexibility index (Phi) is 5.13. The van der Waals surface area contributed by atoms with Gasteiger partial charge in [-0.2, -0.15) is 0 Å². The largest absolute Gasteiger partial charge is 0.323 e. The van der Waals surface area contributed by atoms with Crippen LogP contribution in [-0.4, -0.2) is 27.9 Å². The van der Waals surface area contributed by atoms with Crippen LogP contribution in [-0.2, 0) is 21.2 Å². The third kappa shape index (κ3) is 3.38. The van der Waals surface area contributed by atoms with Gasteiger partial charge in [0.2, 0.25) is 15.9 Å². The van der Waals surface area contributed by atoms with Crippen LogP contribution in [0, 0.1) is 5.92 Å². The molecule has 6 nitrogen and oxygen atoms in total. The third-order valence-electron chi connectivity index (χ3n) is 4.90. The number of sulfonamides is 1. The summed E-state index contributed by atoms with van der Waals surface area (Å²) in [5, 5.41) is 0. The summed E-state index contributed by atoms with van der Waals surface area (Å²) in [6, 6.07) is 14.0. The van der Waals surface area contributed by atoms with Gasteiger partial charge < -0.3 is 10.6 Å². The fourth-order valence-corrected chi connectivity index (χ4v) is 4.04. The number of nitrogens with zero attached hydrogens (tertiary/aromatic N) is 1. The summed E-state index contributed by atoms with van der Waals surface area (Å²) >= 11 is 0. The van der Waals surface area contributed by atoms with Crippen molar-refractivity contribution in [3.8, 4) is 0 Å². The zero-order chi connectivity index (χ0) is 18.9. The lowest BCUT2D eigenvalue weighted by Crippen LogP contribution is -2.38. The summed E-state index contributed by atoms with van der Waals surface area (Å²) in [6.45, 7) is 2.36. The van der Waals surface area contributed by atoms with Crippen molar-refractivity contribution in [1.29, 1.82) is 0 Å². The highest BCUT2D eigenvalue weighted by Crippen LogP contribution is 2.33. The average Bonchev–Trinajstić information content (AvgIpc) is 3.10. The van der Waals surface area contributed by atoms with Gasteiger partial charge in [0.25, 0.3) is 0 Å². The Morgan fingerprint density at radius 3 is 2.54 bits per heavy atom. The standard InChI is InChI=1S/C19H23N3O3S/c1-13(18(20)14-6-4-3-5-7-14)19(23)22-11-10-15-12-16(8-9-17(15)22)26(24,25)21-2/h3-9,12-13,18,21H,10-11,20H2,1-2H3. The normalized spacial score (nSPS) is 16.2. The molecule has 0 bridgehead atoms. The van der Waals surface area contributed by atoms with E-state index in [0.717, 1.165) is 16.8 Å². The minimum Gasteiger partial charge on any atom is -0.323 e. The Bertz CT molecular complexity index is 913. The van der Waals surface area contributed by atoms with Gasteiger partial charge in [0, 0.05) is 18.3 Å². The molecule has 138 valence electrons. The van der Waals surface area contributed by atoms with Crippen LogP contribution in [0.25, 0.3) is 0 Å². The number of hydrogen-bond donors (Lipinski definition) is 2. The molecule has 0 aliphatic carbocycles. The summed E-state index contributed by atoms with van der Waals surface area (Å²) in [6.07, 6.45) is 0.626. The average molecular weight is 373 g/mol. The molecule has 1 aliphatic rings. The van der Waals surface area contributed by atoms with Crippen molar-refractivity contribution < 1.29 is 13.2 Å². The highest BCUT2D eigenvalue weighted by Gasteiger charge is 2.32. The van der Waals surface area contributed by atoms with Crippen LogP contribution in [0.3, 0.4) is 0 Å². The molecule has 2 aromatic carbocycles. The Morgan fingerprint density at radius 1 is 1.19 bits per heavy atom. The first-order chi connectivity index (χ1) is 12.3. The zero-order valence-electron chi connectivity index (χ0n) is 14.8. The SMILES string of the molecule is CNS(=O)(=O)c1ccc2c(c1)CCN2C(=O)C(C)C(N)c1ccccc1. The first-order valence-electron chi connectivity index (χ1n) is 8.53. The van der Waals surface area contributed by atoms with Crippen LogP contribution >= 0.6 is 0 Å². The van der Waals surface area contributed by atoms with E-state index in [1.54, 1.807) is 17.0 Å². The van der Waals surface area contributed by atoms with Crippen molar-refractivity contribution in [3.05, 3.63) is 59.7 Å². The molecule has 2 aromatic rings. The second kappa shape index (κ2) is 7.19. The number of carbonyl (C=O) groups is 1. The number of nitrogens with one attached hydrogen (secondary N) is 1.